The molecule has 1 saturated heterocycles. The largest absolute Gasteiger partial charge is 0.481 e. The van der Waals surface area contributed by atoms with Crippen LogP contribution in [0, 0.1) is 5.92 Å². The van der Waals surface area contributed by atoms with Crippen molar-refractivity contribution in [1.29, 1.82) is 0 Å². The van der Waals surface area contributed by atoms with Crippen LogP contribution in [0.5, 0.6) is 0 Å². The fourth-order valence-corrected chi connectivity index (χ4v) is 2.78. The Kier molecular flexibility index (Phi) is 5.47. The van der Waals surface area contributed by atoms with Crippen molar-refractivity contribution in [1.82, 2.24) is 4.90 Å². The van der Waals surface area contributed by atoms with Gasteiger partial charge in [0.1, 0.15) is 0 Å². The van der Waals surface area contributed by atoms with Crippen LogP contribution in [0.15, 0.2) is 24.3 Å². The van der Waals surface area contributed by atoms with Gasteiger partial charge in [0.2, 0.25) is 0 Å². The van der Waals surface area contributed by atoms with Gasteiger partial charge in [-0.15, -0.1) is 12.4 Å². The van der Waals surface area contributed by atoms with E-state index in [2.05, 4.69) is 25.7 Å². The first-order valence-corrected chi connectivity index (χ1v) is 6.90. The zero-order valence-corrected chi connectivity index (χ0v) is 13.5. The van der Waals surface area contributed by atoms with Gasteiger partial charge in [-0.1, -0.05) is 23.7 Å². The van der Waals surface area contributed by atoms with E-state index in [9.17, 15) is 9.90 Å². The molecule has 1 heterocycles. The normalized spacial score (nSPS) is 23.4. The maximum atomic E-state index is 11.5. The molecule has 1 fully saturated rings. The van der Waals surface area contributed by atoms with Crippen LogP contribution in [-0.2, 0) is 4.79 Å². The Bertz CT molecular complexity index is 468. The van der Waals surface area contributed by atoms with E-state index in [0.717, 1.165) is 12.1 Å². The number of carboxylic acids is 1. The molecule has 1 aromatic rings. The summed E-state index contributed by atoms with van der Waals surface area (Å²) in [5, 5.41) is 10.1. The van der Waals surface area contributed by atoms with Gasteiger partial charge in [0.15, 0.2) is 0 Å². The van der Waals surface area contributed by atoms with Crippen molar-refractivity contribution < 1.29 is 9.90 Å². The van der Waals surface area contributed by atoms with Crippen molar-refractivity contribution in [2.75, 3.05) is 13.1 Å². The molecule has 1 aliphatic heterocycles. The number of carbonyl (C=O) groups is 1. The molecule has 1 aliphatic rings. The monoisotopic (exact) mass is 317 g/mol. The van der Waals surface area contributed by atoms with Crippen molar-refractivity contribution in [2.24, 2.45) is 5.92 Å². The zero-order valence-electron chi connectivity index (χ0n) is 12.0. The van der Waals surface area contributed by atoms with Crippen LogP contribution in [0.1, 0.15) is 32.3 Å². The third-order valence-corrected chi connectivity index (χ3v) is 4.14. The molecule has 0 aliphatic carbocycles. The number of likely N-dealkylation sites (tertiary alicyclic amines) is 1. The van der Waals surface area contributed by atoms with Crippen molar-refractivity contribution in [2.45, 2.75) is 32.2 Å². The van der Waals surface area contributed by atoms with Gasteiger partial charge in [0, 0.05) is 29.6 Å². The molecule has 5 heteroatoms. The van der Waals surface area contributed by atoms with Gasteiger partial charge in [0.05, 0.1) is 5.92 Å². The predicted molar refractivity (Wildman–Crippen MR) is 83.9 cm³/mol. The Morgan fingerprint density at radius 3 is 2.25 bits per heavy atom. The first-order chi connectivity index (χ1) is 8.79. The van der Waals surface area contributed by atoms with E-state index in [4.69, 9.17) is 11.6 Å². The van der Waals surface area contributed by atoms with E-state index >= 15 is 0 Å². The summed E-state index contributed by atoms with van der Waals surface area (Å²) in [6.45, 7) is 7.75. The number of benzene rings is 1. The molecule has 2 rings (SSSR count). The second-order valence-corrected chi connectivity index (χ2v) is 6.62. The minimum Gasteiger partial charge on any atom is -0.481 e. The summed E-state index contributed by atoms with van der Waals surface area (Å²) >= 11 is 5.89. The van der Waals surface area contributed by atoms with Crippen LogP contribution in [0.25, 0.3) is 0 Å². The summed E-state index contributed by atoms with van der Waals surface area (Å²) in [7, 11) is 0. The lowest BCUT2D eigenvalue weighted by atomic mass is 9.89. The molecule has 20 heavy (non-hydrogen) atoms. The number of halogens is 2. The van der Waals surface area contributed by atoms with Gasteiger partial charge >= 0.3 is 5.97 Å². The molecule has 0 amide bonds. The highest BCUT2D eigenvalue weighted by Crippen LogP contribution is 2.36. The summed E-state index contributed by atoms with van der Waals surface area (Å²) in [5.74, 6) is -1.03. The van der Waals surface area contributed by atoms with Crippen LogP contribution >= 0.6 is 24.0 Å². The third kappa shape index (κ3) is 3.66. The molecular weight excluding hydrogens is 297 g/mol. The number of hydrogen-bond donors (Lipinski definition) is 1. The van der Waals surface area contributed by atoms with Gasteiger partial charge < -0.3 is 5.11 Å². The molecule has 1 aromatic carbocycles. The number of nitrogens with zero attached hydrogens (tertiary/aromatic N) is 1. The van der Waals surface area contributed by atoms with E-state index in [1.807, 2.05) is 24.3 Å². The van der Waals surface area contributed by atoms with E-state index in [-0.39, 0.29) is 29.8 Å². The number of rotatable bonds is 2. The summed E-state index contributed by atoms with van der Waals surface area (Å²) in [6.07, 6.45) is 0. The fraction of sp³-hybridized carbons (Fsp3) is 0.533. The van der Waals surface area contributed by atoms with Crippen LogP contribution in [0.2, 0.25) is 5.02 Å². The molecule has 0 saturated carbocycles. The second kappa shape index (κ2) is 6.33. The first-order valence-electron chi connectivity index (χ1n) is 6.52. The Morgan fingerprint density at radius 1 is 1.25 bits per heavy atom. The molecular formula is C15H21Cl2NO2. The van der Waals surface area contributed by atoms with Crippen molar-refractivity contribution in [3.05, 3.63) is 34.9 Å². The molecule has 1 N–H and O–H groups in total. The molecule has 0 spiro atoms. The Labute approximate surface area is 131 Å². The average Bonchev–Trinajstić information content (AvgIpc) is 2.74. The third-order valence-electron chi connectivity index (χ3n) is 3.88. The topological polar surface area (TPSA) is 40.5 Å². The minimum atomic E-state index is -0.716. The number of hydrogen-bond acceptors (Lipinski definition) is 2. The van der Waals surface area contributed by atoms with Crippen LogP contribution in [0.4, 0.5) is 0 Å². The summed E-state index contributed by atoms with van der Waals surface area (Å²) in [4.78, 5) is 13.7. The Hall–Kier alpha value is -0.770. The van der Waals surface area contributed by atoms with E-state index in [1.54, 1.807) is 0 Å². The van der Waals surface area contributed by atoms with Gasteiger partial charge in [-0.25, -0.2) is 0 Å². The highest BCUT2D eigenvalue weighted by Gasteiger charge is 2.41. The smallest absolute Gasteiger partial charge is 0.308 e. The van der Waals surface area contributed by atoms with Crippen LogP contribution in [-0.4, -0.2) is 34.6 Å². The SMILES string of the molecule is CC(C)(C)N1C[C@H](C(=O)O)[C@@H](c2ccc(Cl)cc2)C1.Cl. The minimum absolute atomic E-state index is 0. The maximum Gasteiger partial charge on any atom is 0.308 e. The number of carboxylic acid groups (broad SMARTS) is 1. The van der Waals surface area contributed by atoms with Crippen LogP contribution < -0.4 is 0 Å². The van der Waals surface area contributed by atoms with Crippen molar-refractivity contribution in [3.8, 4) is 0 Å². The lowest BCUT2D eigenvalue weighted by Crippen LogP contribution is -2.40. The molecule has 0 aromatic heterocycles. The standard InChI is InChI=1S/C15H20ClNO2.ClH/c1-15(2,3)17-8-12(13(9-17)14(18)19)10-4-6-11(16)7-5-10;/h4-7,12-13H,8-9H2,1-3H3,(H,18,19);1H/t12-,13+;/m1./s1. The Balaban J connectivity index is 0.00000200. The highest BCUT2D eigenvalue weighted by molar-refractivity contribution is 6.30. The summed E-state index contributed by atoms with van der Waals surface area (Å²) in [5.41, 5.74) is 1.05. The maximum absolute atomic E-state index is 11.5. The van der Waals surface area contributed by atoms with Gasteiger partial charge in [-0.3, -0.25) is 9.69 Å². The van der Waals surface area contributed by atoms with Crippen molar-refractivity contribution >= 4 is 30.0 Å². The molecule has 3 nitrogen and oxygen atoms in total. The van der Waals surface area contributed by atoms with Crippen molar-refractivity contribution in [3.63, 3.8) is 0 Å². The van der Waals surface area contributed by atoms with E-state index in [1.165, 1.54) is 0 Å². The average molecular weight is 318 g/mol. The zero-order chi connectivity index (χ0) is 14.2. The van der Waals surface area contributed by atoms with Gasteiger partial charge in [-0.05, 0) is 38.5 Å². The lowest BCUT2D eigenvalue weighted by Gasteiger charge is -2.31. The van der Waals surface area contributed by atoms with E-state index in [0.29, 0.717) is 11.6 Å². The second-order valence-electron chi connectivity index (χ2n) is 6.18. The van der Waals surface area contributed by atoms with Gasteiger partial charge in [-0.2, -0.15) is 0 Å². The quantitative estimate of drug-likeness (QED) is 0.905. The first kappa shape index (κ1) is 17.3. The summed E-state index contributed by atoms with van der Waals surface area (Å²) < 4.78 is 0. The summed E-state index contributed by atoms with van der Waals surface area (Å²) in [6, 6.07) is 7.54. The lowest BCUT2D eigenvalue weighted by molar-refractivity contribution is -0.141. The van der Waals surface area contributed by atoms with Gasteiger partial charge in [0.25, 0.3) is 0 Å². The number of aliphatic carboxylic acids is 1. The molecule has 2 atom stereocenters. The molecule has 0 bridgehead atoms. The molecule has 112 valence electrons. The highest BCUT2D eigenvalue weighted by atomic mass is 35.5. The van der Waals surface area contributed by atoms with E-state index < -0.39 is 5.97 Å². The molecule has 0 radical (unpaired) electrons. The predicted octanol–water partition coefficient (Wildman–Crippen LogP) is 3.66. The fourth-order valence-electron chi connectivity index (χ4n) is 2.65. The Morgan fingerprint density at radius 2 is 1.80 bits per heavy atom. The van der Waals surface area contributed by atoms with Crippen LogP contribution in [0.3, 0.4) is 0 Å². The molecule has 0 unspecified atom stereocenters.